The van der Waals surface area contributed by atoms with Gasteiger partial charge < -0.3 is 9.88 Å². The van der Waals surface area contributed by atoms with Crippen LogP contribution in [0.25, 0.3) is 0 Å². The highest BCUT2D eigenvalue weighted by Gasteiger charge is 2.11. The smallest absolute Gasteiger partial charge is 0.256 e. The van der Waals surface area contributed by atoms with Crippen molar-refractivity contribution in [2.45, 2.75) is 45.7 Å². The second kappa shape index (κ2) is 6.63. The summed E-state index contributed by atoms with van der Waals surface area (Å²) in [5, 5.41) is 3.37. The van der Waals surface area contributed by atoms with Gasteiger partial charge in [0.15, 0.2) is 0 Å². The number of hydrogen-bond donors (Lipinski definition) is 1. The van der Waals surface area contributed by atoms with E-state index in [4.69, 9.17) is 0 Å². The van der Waals surface area contributed by atoms with Crippen LogP contribution in [0.15, 0.2) is 18.5 Å². The Hall–Kier alpha value is -0.900. The first-order chi connectivity index (χ1) is 7.67. The van der Waals surface area contributed by atoms with Gasteiger partial charge in [-0.3, -0.25) is 0 Å². The zero-order valence-electron chi connectivity index (χ0n) is 9.92. The summed E-state index contributed by atoms with van der Waals surface area (Å²) in [5.74, 6) is 0. The van der Waals surface area contributed by atoms with E-state index in [9.17, 15) is 8.78 Å². The van der Waals surface area contributed by atoms with Crippen LogP contribution in [0.4, 0.5) is 8.78 Å². The summed E-state index contributed by atoms with van der Waals surface area (Å²) in [4.78, 5) is 0. The summed E-state index contributed by atoms with van der Waals surface area (Å²) in [6.07, 6.45) is 3.37. The van der Waals surface area contributed by atoms with Crippen molar-refractivity contribution in [3.63, 3.8) is 0 Å². The summed E-state index contributed by atoms with van der Waals surface area (Å²) in [6, 6.07) is 2.21. The highest BCUT2D eigenvalue weighted by atomic mass is 19.3. The van der Waals surface area contributed by atoms with E-state index >= 15 is 0 Å². The summed E-state index contributed by atoms with van der Waals surface area (Å²) in [6.45, 7) is 4.86. The number of nitrogens with zero attached hydrogens (tertiary/aromatic N) is 1. The Bertz CT molecular complexity index is 291. The monoisotopic (exact) mass is 230 g/mol. The largest absolute Gasteiger partial charge is 0.348 e. The van der Waals surface area contributed by atoms with E-state index in [1.54, 1.807) is 10.8 Å². The maximum Gasteiger partial charge on any atom is 0.256 e. The molecule has 0 bridgehead atoms. The second-order valence-electron chi connectivity index (χ2n) is 3.93. The molecule has 0 radical (unpaired) electrons. The second-order valence-corrected chi connectivity index (χ2v) is 3.93. The van der Waals surface area contributed by atoms with E-state index in [0.29, 0.717) is 0 Å². The molecule has 16 heavy (non-hydrogen) atoms. The van der Waals surface area contributed by atoms with E-state index in [1.807, 2.05) is 12.3 Å². The van der Waals surface area contributed by atoms with Crippen molar-refractivity contribution in [3.8, 4) is 0 Å². The van der Waals surface area contributed by atoms with Gasteiger partial charge in [0.05, 0.1) is 6.54 Å². The van der Waals surface area contributed by atoms with Crippen LogP contribution >= 0.6 is 0 Å². The Labute approximate surface area is 95.7 Å². The Kier molecular flexibility index (Phi) is 5.46. The molecular weight excluding hydrogens is 210 g/mol. The van der Waals surface area contributed by atoms with E-state index in [1.165, 1.54) is 0 Å². The molecule has 4 heteroatoms. The molecule has 1 aromatic rings. The first-order valence-corrected chi connectivity index (χ1v) is 5.84. The van der Waals surface area contributed by atoms with Gasteiger partial charge in [0.2, 0.25) is 0 Å². The molecule has 1 heterocycles. The topological polar surface area (TPSA) is 17.0 Å². The molecule has 0 saturated carbocycles. The van der Waals surface area contributed by atoms with Crippen LogP contribution in [0.2, 0.25) is 0 Å². The highest BCUT2D eigenvalue weighted by molar-refractivity contribution is 5.15. The van der Waals surface area contributed by atoms with Gasteiger partial charge >= 0.3 is 0 Å². The molecule has 0 saturated heterocycles. The van der Waals surface area contributed by atoms with Crippen LogP contribution < -0.4 is 5.32 Å². The molecule has 0 aliphatic carbocycles. The lowest BCUT2D eigenvalue weighted by Crippen LogP contribution is -2.20. The van der Waals surface area contributed by atoms with Crippen LogP contribution in [-0.2, 0) is 6.54 Å². The third-order valence-corrected chi connectivity index (χ3v) is 2.55. The van der Waals surface area contributed by atoms with Crippen molar-refractivity contribution >= 4 is 0 Å². The predicted molar refractivity (Wildman–Crippen MR) is 61.8 cm³/mol. The van der Waals surface area contributed by atoms with E-state index in [2.05, 4.69) is 19.2 Å². The van der Waals surface area contributed by atoms with Gasteiger partial charge in [0, 0.05) is 18.4 Å². The maximum absolute atomic E-state index is 12.2. The van der Waals surface area contributed by atoms with Gasteiger partial charge in [-0.15, -0.1) is 0 Å². The van der Waals surface area contributed by atoms with Gasteiger partial charge in [0.25, 0.3) is 6.43 Å². The first-order valence-electron chi connectivity index (χ1n) is 5.84. The normalized spacial score (nSPS) is 13.3. The Morgan fingerprint density at radius 1 is 1.38 bits per heavy atom. The zero-order chi connectivity index (χ0) is 12.0. The number of aromatic nitrogens is 1. The first kappa shape index (κ1) is 13.2. The average molecular weight is 230 g/mol. The van der Waals surface area contributed by atoms with Crippen LogP contribution in [-0.4, -0.2) is 17.5 Å². The molecule has 0 spiro atoms. The molecule has 0 aromatic carbocycles. The number of nitrogens with one attached hydrogen (secondary N) is 1. The van der Waals surface area contributed by atoms with Crippen LogP contribution in [0.5, 0.6) is 0 Å². The zero-order valence-corrected chi connectivity index (χ0v) is 9.92. The van der Waals surface area contributed by atoms with Crippen molar-refractivity contribution in [1.29, 1.82) is 0 Å². The molecule has 0 aliphatic rings. The average Bonchev–Trinajstić information content (AvgIpc) is 2.65. The third kappa shape index (κ3) is 3.93. The van der Waals surface area contributed by atoms with E-state index < -0.39 is 6.43 Å². The number of alkyl halides is 2. The van der Waals surface area contributed by atoms with Crippen molar-refractivity contribution < 1.29 is 8.78 Å². The van der Waals surface area contributed by atoms with Crippen molar-refractivity contribution in [3.05, 3.63) is 24.0 Å². The van der Waals surface area contributed by atoms with Crippen LogP contribution in [0, 0.1) is 0 Å². The molecule has 0 aliphatic heterocycles. The fraction of sp³-hybridized carbons (Fsp3) is 0.667. The molecule has 1 N–H and O–H groups in total. The molecule has 1 rings (SSSR count). The van der Waals surface area contributed by atoms with Gasteiger partial charge in [0.1, 0.15) is 0 Å². The fourth-order valence-corrected chi connectivity index (χ4v) is 1.86. The van der Waals surface area contributed by atoms with E-state index in [0.717, 1.165) is 24.9 Å². The minimum absolute atomic E-state index is 0.217. The highest BCUT2D eigenvalue weighted by Crippen LogP contribution is 2.19. The van der Waals surface area contributed by atoms with Gasteiger partial charge in [-0.05, 0) is 24.6 Å². The number of halogens is 2. The molecule has 2 nitrogen and oxygen atoms in total. The number of hydrogen-bond acceptors (Lipinski definition) is 1. The molecule has 1 aromatic heterocycles. The van der Waals surface area contributed by atoms with Crippen molar-refractivity contribution in [2.75, 3.05) is 6.54 Å². The lowest BCUT2D eigenvalue weighted by Gasteiger charge is -2.15. The fourth-order valence-electron chi connectivity index (χ4n) is 1.86. The van der Waals surface area contributed by atoms with Gasteiger partial charge in [-0.25, -0.2) is 8.78 Å². The minimum Gasteiger partial charge on any atom is -0.348 e. The van der Waals surface area contributed by atoms with Crippen LogP contribution in [0.3, 0.4) is 0 Å². The summed E-state index contributed by atoms with van der Waals surface area (Å²) in [7, 11) is 0. The van der Waals surface area contributed by atoms with Crippen molar-refractivity contribution in [2.24, 2.45) is 0 Å². The van der Waals surface area contributed by atoms with Crippen molar-refractivity contribution in [1.82, 2.24) is 9.88 Å². The maximum atomic E-state index is 12.2. The molecular formula is C12H20F2N2. The van der Waals surface area contributed by atoms with Gasteiger partial charge in [-0.1, -0.05) is 20.3 Å². The predicted octanol–water partition coefficient (Wildman–Crippen LogP) is 3.20. The summed E-state index contributed by atoms with van der Waals surface area (Å²) in [5.41, 5.74) is 1.10. The lowest BCUT2D eigenvalue weighted by molar-refractivity contribution is 0.126. The van der Waals surface area contributed by atoms with E-state index in [-0.39, 0.29) is 12.6 Å². The van der Waals surface area contributed by atoms with Gasteiger partial charge in [-0.2, -0.15) is 0 Å². The molecule has 0 amide bonds. The summed E-state index contributed by atoms with van der Waals surface area (Å²) >= 11 is 0. The standard InChI is InChI=1S/C12H20F2N2/c1-3-5-11(15-4-2)10-6-7-16(8-10)9-12(13)14/h6-8,11-12,15H,3-5,9H2,1-2H3. The lowest BCUT2D eigenvalue weighted by atomic mass is 10.1. The molecule has 92 valence electrons. The Morgan fingerprint density at radius 3 is 2.69 bits per heavy atom. The quantitative estimate of drug-likeness (QED) is 0.761. The molecule has 0 fully saturated rings. The Balaban J connectivity index is 2.65. The Morgan fingerprint density at radius 2 is 2.12 bits per heavy atom. The van der Waals surface area contributed by atoms with Crippen LogP contribution in [0.1, 0.15) is 38.3 Å². The number of rotatable bonds is 7. The molecule has 1 atom stereocenters. The summed E-state index contributed by atoms with van der Waals surface area (Å²) < 4.78 is 25.9. The third-order valence-electron chi connectivity index (χ3n) is 2.55. The molecule has 1 unspecified atom stereocenters. The SMILES string of the molecule is CCCC(NCC)c1ccn(CC(F)F)c1. The minimum atomic E-state index is -2.29.